The van der Waals surface area contributed by atoms with E-state index in [0.717, 1.165) is 11.8 Å². The van der Waals surface area contributed by atoms with E-state index in [9.17, 15) is 22.8 Å². The van der Waals surface area contributed by atoms with Crippen molar-refractivity contribution in [1.82, 2.24) is 14.9 Å². The third-order valence-electron chi connectivity index (χ3n) is 6.27. The molecule has 0 aliphatic carbocycles. The molecule has 9 nitrogen and oxygen atoms in total. The summed E-state index contributed by atoms with van der Waals surface area (Å²) in [6, 6.07) is 13.1. The van der Waals surface area contributed by atoms with Gasteiger partial charge < -0.3 is 20.4 Å². The maximum atomic E-state index is 13.8. The number of benzene rings is 1. The largest absolute Gasteiger partial charge is 0.431 e. The molecule has 0 radical (unpaired) electrons. The number of carbonyl (C=O) groups is 2. The van der Waals surface area contributed by atoms with Gasteiger partial charge in [-0.25, -0.2) is 4.98 Å². The Morgan fingerprint density at radius 1 is 0.975 bits per heavy atom. The highest BCUT2D eigenvalue weighted by atomic mass is 19.4. The van der Waals surface area contributed by atoms with Crippen molar-refractivity contribution in [1.29, 1.82) is 0 Å². The summed E-state index contributed by atoms with van der Waals surface area (Å²) in [6.07, 6.45) is 0.363. The average molecular weight is 552 g/mol. The van der Waals surface area contributed by atoms with Gasteiger partial charge in [0, 0.05) is 69.4 Å². The molecule has 0 unspecified atom stereocenters. The van der Waals surface area contributed by atoms with Crippen LogP contribution in [0.25, 0.3) is 0 Å². The normalized spacial score (nSPS) is 14.6. The molecular weight excluding hydrogens is 523 g/mol. The van der Waals surface area contributed by atoms with Gasteiger partial charge in [-0.05, 0) is 48.5 Å². The molecule has 208 valence electrons. The van der Waals surface area contributed by atoms with E-state index in [0.29, 0.717) is 37.3 Å². The highest BCUT2D eigenvalue weighted by molar-refractivity contribution is 6.09. The monoisotopic (exact) mass is 551 g/mol. The van der Waals surface area contributed by atoms with E-state index >= 15 is 0 Å². The van der Waals surface area contributed by atoms with Gasteiger partial charge in [0.05, 0.1) is 17.6 Å². The number of halogens is 3. The molecule has 2 N–H and O–H groups in total. The molecule has 2 amide bonds. The van der Waals surface area contributed by atoms with Crippen LogP contribution in [-0.2, 0) is 4.79 Å². The number of carbonyl (C=O) groups excluding carboxylic acids is 2. The SMILES string of the molecule is CN=C(/C=C(\Nc1ccc(NC(=O)c2cccc(N3CCN(C(C)=O)CC3)c2)nc1)C(F)(F)F)c1cccnc1. The molecule has 1 aromatic carbocycles. The maximum absolute atomic E-state index is 13.8. The lowest BCUT2D eigenvalue weighted by Crippen LogP contribution is -2.48. The lowest BCUT2D eigenvalue weighted by atomic mass is 10.1. The molecule has 2 aromatic heterocycles. The van der Waals surface area contributed by atoms with Crippen molar-refractivity contribution in [2.45, 2.75) is 13.1 Å². The van der Waals surface area contributed by atoms with Gasteiger partial charge in [0.2, 0.25) is 5.91 Å². The Morgan fingerprint density at radius 2 is 1.73 bits per heavy atom. The number of nitrogens with one attached hydrogen (secondary N) is 2. The van der Waals surface area contributed by atoms with Crippen molar-refractivity contribution in [2.75, 3.05) is 48.8 Å². The van der Waals surface area contributed by atoms with Gasteiger partial charge in [-0.15, -0.1) is 0 Å². The number of amides is 2. The summed E-state index contributed by atoms with van der Waals surface area (Å²) in [5, 5.41) is 5.02. The molecule has 0 saturated carbocycles. The van der Waals surface area contributed by atoms with Crippen LogP contribution in [0.5, 0.6) is 0 Å². The minimum absolute atomic E-state index is 0.0384. The second-order valence-corrected chi connectivity index (χ2v) is 8.96. The van der Waals surface area contributed by atoms with E-state index in [1.165, 1.54) is 37.8 Å². The van der Waals surface area contributed by atoms with Gasteiger partial charge in [0.25, 0.3) is 5.91 Å². The zero-order valence-corrected chi connectivity index (χ0v) is 21.9. The van der Waals surface area contributed by atoms with Crippen molar-refractivity contribution in [3.8, 4) is 0 Å². The Morgan fingerprint density at radius 3 is 2.33 bits per heavy atom. The van der Waals surface area contributed by atoms with Crippen LogP contribution >= 0.6 is 0 Å². The van der Waals surface area contributed by atoms with E-state index in [1.54, 1.807) is 42.2 Å². The first-order chi connectivity index (χ1) is 19.1. The number of aromatic nitrogens is 2. The number of hydrogen-bond acceptors (Lipinski definition) is 7. The second kappa shape index (κ2) is 12.4. The lowest BCUT2D eigenvalue weighted by Gasteiger charge is -2.35. The van der Waals surface area contributed by atoms with Crippen molar-refractivity contribution in [3.05, 3.63) is 90.0 Å². The standard InChI is InChI=1S/C28H28F3N7O2/c1-19(39)37-11-13-38(14-12-37)23-7-3-5-20(15-23)27(40)36-26-9-8-22(18-34-26)35-25(28(29,30)31)16-24(32-2)21-6-4-10-33-17-21/h3-10,15-18,35H,11-14H2,1-2H3,(H,34,36,40)/b25-16-,32-24?. The maximum Gasteiger partial charge on any atom is 0.431 e. The van der Waals surface area contributed by atoms with Crippen LogP contribution in [0.1, 0.15) is 22.8 Å². The quantitative estimate of drug-likeness (QED) is 0.423. The number of allylic oxidation sites excluding steroid dienone is 2. The highest BCUT2D eigenvalue weighted by Gasteiger charge is 2.34. The van der Waals surface area contributed by atoms with Gasteiger partial charge in [-0.2, -0.15) is 13.2 Å². The predicted molar refractivity (Wildman–Crippen MR) is 148 cm³/mol. The number of alkyl halides is 3. The first-order valence-corrected chi connectivity index (χ1v) is 12.4. The Labute approximate surface area is 229 Å². The molecule has 0 atom stereocenters. The van der Waals surface area contributed by atoms with E-state index in [-0.39, 0.29) is 23.1 Å². The topological polar surface area (TPSA) is 103 Å². The van der Waals surface area contributed by atoms with E-state index < -0.39 is 17.8 Å². The summed E-state index contributed by atoms with van der Waals surface area (Å²) in [6.45, 7) is 4.07. The Kier molecular flexibility index (Phi) is 8.77. The molecule has 1 fully saturated rings. The summed E-state index contributed by atoms with van der Waals surface area (Å²) in [4.78, 5) is 40.3. The molecule has 40 heavy (non-hydrogen) atoms. The Hall–Kier alpha value is -4.74. The predicted octanol–water partition coefficient (Wildman–Crippen LogP) is 4.37. The van der Waals surface area contributed by atoms with Crippen molar-refractivity contribution >= 4 is 34.7 Å². The van der Waals surface area contributed by atoms with Crippen molar-refractivity contribution in [3.63, 3.8) is 0 Å². The lowest BCUT2D eigenvalue weighted by molar-refractivity contribution is -0.129. The minimum atomic E-state index is -4.69. The van der Waals surface area contributed by atoms with Crippen molar-refractivity contribution < 1.29 is 22.8 Å². The summed E-state index contributed by atoms with van der Waals surface area (Å²) in [7, 11) is 1.40. The number of hydrogen-bond donors (Lipinski definition) is 2. The number of piperazine rings is 1. The average Bonchev–Trinajstić information content (AvgIpc) is 2.96. The third kappa shape index (κ3) is 7.22. The van der Waals surface area contributed by atoms with Crippen LogP contribution in [0.2, 0.25) is 0 Å². The molecule has 1 aliphatic rings. The number of aliphatic imine (C=N–C) groups is 1. The van der Waals surface area contributed by atoms with Gasteiger partial charge in [0.1, 0.15) is 11.5 Å². The van der Waals surface area contributed by atoms with Crippen LogP contribution in [0.4, 0.5) is 30.4 Å². The van der Waals surface area contributed by atoms with Gasteiger partial charge in [-0.3, -0.25) is 19.6 Å². The van der Waals surface area contributed by atoms with E-state index in [2.05, 4.69) is 30.5 Å². The summed E-state index contributed by atoms with van der Waals surface area (Å²) in [5.74, 6) is -0.190. The van der Waals surface area contributed by atoms with E-state index in [1.807, 2.05) is 6.07 Å². The fraction of sp³-hybridized carbons (Fsp3) is 0.250. The Bertz CT molecular complexity index is 1400. The highest BCUT2D eigenvalue weighted by Crippen LogP contribution is 2.28. The smallest absolute Gasteiger partial charge is 0.368 e. The zero-order chi connectivity index (χ0) is 28.7. The molecule has 0 bridgehead atoms. The number of pyridine rings is 2. The van der Waals surface area contributed by atoms with Crippen LogP contribution in [0.3, 0.4) is 0 Å². The molecule has 0 spiro atoms. The summed E-state index contributed by atoms with van der Waals surface area (Å²) in [5.41, 5.74) is 0.849. The molecule has 3 aromatic rings. The van der Waals surface area contributed by atoms with Crippen molar-refractivity contribution in [2.24, 2.45) is 4.99 Å². The fourth-order valence-corrected chi connectivity index (χ4v) is 4.13. The van der Waals surface area contributed by atoms with E-state index in [4.69, 9.17) is 0 Å². The molecule has 12 heteroatoms. The zero-order valence-electron chi connectivity index (χ0n) is 21.9. The first kappa shape index (κ1) is 28.3. The van der Waals surface area contributed by atoms with Gasteiger partial charge >= 0.3 is 6.18 Å². The molecule has 1 aliphatic heterocycles. The number of rotatable bonds is 7. The first-order valence-electron chi connectivity index (χ1n) is 12.4. The van der Waals surface area contributed by atoms with Crippen LogP contribution in [0, 0.1) is 0 Å². The Balaban J connectivity index is 1.42. The summed E-state index contributed by atoms with van der Waals surface area (Å²) < 4.78 is 41.3. The number of anilines is 3. The van der Waals surface area contributed by atoms with Crippen LogP contribution in [0.15, 0.2) is 83.9 Å². The van der Waals surface area contributed by atoms with Crippen LogP contribution < -0.4 is 15.5 Å². The molecule has 3 heterocycles. The third-order valence-corrected chi connectivity index (χ3v) is 6.27. The minimum Gasteiger partial charge on any atom is -0.368 e. The second-order valence-electron chi connectivity index (χ2n) is 8.96. The van der Waals surface area contributed by atoms with Gasteiger partial charge in [-0.1, -0.05) is 6.07 Å². The fourth-order valence-electron chi connectivity index (χ4n) is 4.13. The number of nitrogens with zero attached hydrogens (tertiary/aromatic N) is 5. The molecular formula is C28H28F3N7O2. The summed E-state index contributed by atoms with van der Waals surface area (Å²) >= 11 is 0. The van der Waals surface area contributed by atoms with Crippen LogP contribution in [-0.4, -0.2) is 71.8 Å². The molecule has 4 rings (SSSR count). The molecule has 1 saturated heterocycles. The van der Waals surface area contributed by atoms with Gasteiger partial charge in [0.15, 0.2) is 0 Å².